The molecule has 0 bridgehead atoms. The van der Waals surface area contributed by atoms with Crippen LogP contribution in [0.1, 0.15) is 0 Å². The SMILES string of the molecule is Oc1cccc2ncccc12.Oc1cccc2ncccc12.Oc1cccc2ncccc12.[AlH3]. The highest BCUT2D eigenvalue weighted by Gasteiger charge is 1.97. The quantitative estimate of drug-likeness (QED) is 0.283. The van der Waals surface area contributed by atoms with Gasteiger partial charge in [-0.3, -0.25) is 15.0 Å². The summed E-state index contributed by atoms with van der Waals surface area (Å²) in [5, 5.41) is 30.4. The van der Waals surface area contributed by atoms with E-state index in [1.54, 1.807) is 55.0 Å². The molecule has 0 fully saturated rings. The van der Waals surface area contributed by atoms with Crippen LogP contribution in [0.15, 0.2) is 110 Å². The Bertz CT molecular complexity index is 1330. The first-order valence-electron chi connectivity index (χ1n) is 10.2. The first-order chi connectivity index (χ1) is 16.1. The molecule has 0 unspecified atom stereocenters. The van der Waals surface area contributed by atoms with E-state index < -0.39 is 0 Å². The van der Waals surface area contributed by atoms with Crippen LogP contribution in [-0.4, -0.2) is 47.6 Å². The first kappa shape index (κ1) is 24.5. The summed E-state index contributed by atoms with van der Waals surface area (Å²) >= 11 is 0. The lowest BCUT2D eigenvalue weighted by molar-refractivity contribution is 0.481. The van der Waals surface area contributed by atoms with Gasteiger partial charge in [-0.05, 0) is 72.8 Å². The van der Waals surface area contributed by atoms with Crippen molar-refractivity contribution in [3.05, 3.63) is 110 Å². The van der Waals surface area contributed by atoms with Crippen molar-refractivity contribution in [1.29, 1.82) is 0 Å². The van der Waals surface area contributed by atoms with Gasteiger partial charge in [0, 0.05) is 34.7 Å². The maximum Gasteiger partial charge on any atom is 0.187 e. The van der Waals surface area contributed by atoms with Crippen LogP contribution in [0.25, 0.3) is 32.7 Å². The fourth-order valence-corrected chi connectivity index (χ4v) is 3.26. The number of hydrogen-bond acceptors (Lipinski definition) is 6. The third-order valence-corrected chi connectivity index (χ3v) is 4.87. The van der Waals surface area contributed by atoms with Crippen LogP contribution in [0.4, 0.5) is 0 Å². The molecule has 3 N–H and O–H groups in total. The van der Waals surface area contributed by atoms with Gasteiger partial charge < -0.3 is 15.3 Å². The average molecular weight is 465 g/mol. The topological polar surface area (TPSA) is 99.4 Å². The van der Waals surface area contributed by atoms with E-state index in [1.807, 2.05) is 54.6 Å². The molecule has 3 heterocycles. The highest BCUT2D eigenvalue weighted by molar-refractivity contribution is 5.85. The Morgan fingerprint density at radius 2 is 0.676 bits per heavy atom. The minimum Gasteiger partial charge on any atom is -0.507 e. The summed E-state index contributed by atoms with van der Waals surface area (Å²) in [6, 6.07) is 26.9. The summed E-state index contributed by atoms with van der Waals surface area (Å²) in [5.74, 6) is 0.863. The molecular formula is C27H24AlN3O3. The number of phenols is 3. The minimum absolute atomic E-state index is 0. The van der Waals surface area contributed by atoms with Crippen molar-refractivity contribution >= 4 is 50.1 Å². The van der Waals surface area contributed by atoms with E-state index in [1.165, 1.54) is 0 Å². The molecule has 3 aromatic heterocycles. The maximum atomic E-state index is 9.33. The van der Waals surface area contributed by atoms with Crippen LogP contribution in [0.5, 0.6) is 17.2 Å². The smallest absolute Gasteiger partial charge is 0.187 e. The number of aromatic nitrogens is 3. The zero-order chi connectivity index (χ0) is 23.0. The van der Waals surface area contributed by atoms with Crippen molar-refractivity contribution in [1.82, 2.24) is 15.0 Å². The molecule has 0 aliphatic carbocycles. The Morgan fingerprint density at radius 3 is 0.941 bits per heavy atom. The van der Waals surface area contributed by atoms with Gasteiger partial charge in [0.15, 0.2) is 17.4 Å². The van der Waals surface area contributed by atoms with Gasteiger partial charge in [0.25, 0.3) is 0 Å². The predicted molar refractivity (Wildman–Crippen MR) is 140 cm³/mol. The first-order valence-corrected chi connectivity index (χ1v) is 10.2. The molecule has 7 heteroatoms. The molecule has 6 rings (SSSR count). The molecule has 0 spiro atoms. The van der Waals surface area contributed by atoms with Gasteiger partial charge in [0.2, 0.25) is 0 Å². The number of aromatic hydroxyl groups is 3. The largest absolute Gasteiger partial charge is 0.507 e. The van der Waals surface area contributed by atoms with Crippen molar-refractivity contribution in [3.63, 3.8) is 0 Å². The van der Waals surface area contributed by atoms with Gasteiger partial charge in [0.1, 0.15) is 17.2 Å². The molecule has 3 aromatic carbocycles. The second-order valence-electron chi connectivity index (χ2n) is 7.04. The maximum absolute atomic E-state index is 9.33. The number of pyridine rings is 3. The number of hydrogen-bond donors (Lipinski definition) is 3. The highest BCUT2D eigenvalue weighted by Crippen LogP contribution is 2.22. The standard InChI is InChI=1S/3C9H7NO.Al.3H/c3*11-9-5-1-4-8-7(9)3-2-6-10-8;;;;/h3*1-6,11H;;;;. The summed E-state index contributed by atoms with van der Waals surface area (Å²) in [4.78, 5) is 12.2. The molecule has 6 nitrogen and oxygen atoms in total. The lowest BCUT2D eigenvalue weighted by Crippen LogP contribution is -1.75. The summed E-state index contributed by atoms with van der Waals surface area (Å²) in [5.41, 5.74) is 2.48. The van der Waals surface area contributed by atoms with E-state index in [0.29, 0.717) is 0 Å². The van der Waals surface area contributed by atoms with Crippen LogP contribution in [0, 0.1) is 0 Å². The average Bonchev–Trinajstić information content (AvgIpc) is 2.86. The van der Waals surface area contributed by atoms with Crippen molar-refractivity contribution in [2.45, 2.75) is 0 Å². The molecule has 0 atom stereocenters. The lowest BCUT2D eigenvalue weighted by atomic mass is 10.2. The second-order valence-corrected chi connectivity index (χ2v) is 7.04. The molecule has 0 saturated carbocycles. The normalized spacial score (nSPS) is 9.88. The van der Waals surface area contributed by atoms with Crippen molar-refractivity contribution in [3.8, 4) is 17.2 Å². The van der Waals surface area contributed by atoms with Crippen LogP contribution in [-0.2, 0) is 0 Å². The summed E-state index contributed by atoms with van der Waals surface area (Å²) in [6.07, 6.45) is 5.13. The van der Waals surface area contributed by atoms with Crippen LogP contribution in [0.2, 0.25) is 0 Å². The van der Waals surface area contributed by atoms with E-state index in [0.717, 1.165) is 32.7 Å². The Kier molecular flexibility index (Phi) is 8.36. The van der Waals surface area contributed by atoms with Crippen LogP contribution in [0.3, 0.4) is 0 Å². The van der Waals surface area contributed by atoms with Crippen LogP contribution >= 0.6 is 0 Å². The number of rotatable bonds is 0. The van der Waals surface area contributed by atoms with E-state index >= 15 is 0 Å². The Hall–Kier alpha value is -4.18. The highest BCUT2D eigenvalue weighted by atomic mass is 27.0. The van der Waals surface area contributed by atoms with Crippen molar-refractivity contribution in [2.75, 3.05) is 0 Å². The van der Waals surface area contributed by atoms with Crippen molar-refractivity contribution < 1.29 is 15.3 Å². The summed E-state index contributed by atoms with van der Waals surface area (Å²) in [6.45, 7) is 0. The predicted octanol–water partition coefficient (Wildman–Crippen LogP) is 4.64. The summed E-state index contributed by atoms with van der Waals surface area (Å²) in [7, 11) is 0. The number of benzene rings is 3. The van der Waals surface area contributed by atoms with Gasteiger partial charge >= 0.3 is 0 Å². The molecule has 34 heavy (non-hydrogen) atoms. The zero-order valence-electron chi connectivity index (χ0n) is 17.6. The molecule has 6 aromatic rings. The Morgan fingerprint density at radius 1 is 0.382 bits per heavy atom. The van der Waals surface area contributed by atoms with E-state index in [9.17, 15) is 15.3 Å². The third kappa shape index (κ3) is 5.79. The monoisotopic (exact) mass is 465 g/mol. The zero-order valence-corrected chi connectivity index (χ0v) is 17.6. The van der Waals surface area contributed by atoms with Gasteiger partial charge in [-0.25, -0.2) is 0 Å². The number of phenolic OH excluding ortho intramolecular Hbond substituents is 3. The van der Waals surface area contributed by atoms with Crippen molar-refractivity contribution in [2.24, 2.45) is 0 Å². The molecule has 0 saturated heterocycles. The Labute approximate surface area is 207 Å². The van der Waals surface area contributed by atoms with E-state index in [-0.39, 0.29) is 34.6 Å². The molecule has 0 radical (unpaired) electrons. The van der Waals surface area contributed by atoms with E-state index in [2.05, 4.69) is 15.0 Å². The number of nitrogens with zero attached hydrogens (tertiary/aromatic N) is 3. The minimum atomic E-state index is 0. The fourth-order valence-electron chi connectivity index (χ4n) is 3.26. The Balaban J connectivity index is 0.000000141. The molecule has 0 aliphatic heterocycles. The second kappa shape index (κ2) is 11.6. The van der Waals surface area contributed by atoms with Gasteiger partial charge in [0.05, 0.1) is 16.6 Å². The third-order valence-electron chi connectivity index (χ3n) is 4.87. The number of fused-ring (bicyclic) bond motifs is 3. The lowest BCUT2D eigenvalue weighted by Gasteiger charge is -1.96. The molecule has 168 valence electrons. The van der Waals surface area contributed by atoms with Gasteiger partial charge in [-0.15, -0.1) is 0 Å². The fraction of sp³-hybridized carbons (Fsp3) is 0. The molecule has 0 amide bonds. The van der Waals surface area contributed by atoms with Crippen LogP contribution < -0.4 is 0 Å². The summed E-state index contributed by atoms with van der Waals surface area (Å²) < 4.78 is 0. The molecule has 0 aliphatic rings. The molecular weight excluding hydrogens is 441 g/mol. The van der Waals surface area contributed by atoms with E-state index in [4.69, 9.17) is 0 Å². The van der Waals surface area contributed by atoms with Gasteiger partial charge in [-0.2, -0.15) is 0 Å². The van der Waals surface area contributed by atoms with Gasteiger partial charge in [-0.1, -0.05) is 18.2 Å².